The first-order valence-corrected chi connectivity index (χ1v) is 8.43. The highest BCUT2D eigenvalue weighted by Gasteiger charge is 2.44. The minimum absolute atomic E-state index is 0.0304. The molecule has 24 heavy (non-hydrogen) atoms. The van der Waals surface area contributed by atoms with Crippen LogP contribution >= 0.6 is 0 Å². The van der Waals surface area contributed by atoms with Crippen LogP contribution in [0.1, 0.15) is 33.8 Å². The van der Waals surface area contributed by atoms with E-state index in [4.69, 9.17) is 0 Å². The van der Waals surface area contributed by atoms with Gasteiger partial charge >= 0.3 is 0 Å². The van der Waals surface area contributed by atoms with Crippen molar-refractivity contribution in [2.75, 3.05) is 25.0 Å². The summed E-state index contributed by atoms with van der Waals surface area (Å²) in [4.78, 5) is 17.4. The smallest absolute Gasteiger partial charge is 0.258 e. The number of carbonyl (C=O) groups excluding carboxylic acids is 1. The molecule has 0 N–H and O–H groups in total. The summed E-state index contributed by atoms with van der Waals surface area (Å²) in [7, 11) is 2.14. The normalized spacial score (nSPS) is 23.0. The number of carbonyl (C=O) groups is 1. The van der Waals surface area contributed by atoms with Crippen LogP contribution in [-0.2, 0) is 0 Å². The first-order chi connectivity index (χ1) is 11.5. The molecule has 0 spiro atoms. The third-order valence-corrected chi connectivity index (χ3v) is 5.26. The van der Waals surface area contributed by atoms with Crippen LogP contribution in [0.15, 0.2) is 42.5 Å². The zero-order chi connectivity index (χ0) is 16.8. The fraction of sp³-hybridized carbons (Fsp3) is 0.350. The van der Waals surface area contributed by atoms with Gasteiger partial charge in [0.25, 0.3) is 5.91 Å². The molecule has 2 heterocycles. The summed E-state index contributed by atoms with van der Waals surface area (Å²) in [6, 6.07) is 12.4. The summed E-state index contributed by atoms with van der Waals surface area (Å²) in [6.07, 6.45) is 0.960. The number of likely N-dealkylation sites (tertiary alicyclic amines) is 1. The van der Waals surface area contributed by atoms with Gasteiger partial charge in [-0.1, -0.05) is 17.7 Å². The van der Waals surface area contributed by atoms with Crippen molar-refractivity contribution in [1.82, 2.24) is 4.90 Å². The highest BCUT2D eigenvalue weighted by atomic mass is 19.1. The van der Waals surface area contributed by atoms with Crippen molar-refractivity contribution >= 4 is 11.6 Å². The maximum atomic E-state index is 13.2. The maximum Gasteiger partial charge on any atom is 0.258 e. The Bertz CT molecular complexity index is 787. The number of benzene rings is 2. The molecule has 0 aliphatic carbocycles. The summed E-state index contributed by atoms with van der Waals surface area (Å²) in [5.41, 5.74) is 4.04. The van der Waals surface area contributed by atoms with Crippen LogP contribution in [0, 0.1) is 12.7 Å². The van der Waals surface area contributed by atoms with Gasteiger partial charge < -0.3 is 9.80 Å². The van der Waals surface area contributed by atoms with Crippen LogP contribution in [0.2, 0.25) is 0 Å². The van der Waals surface area contributed by atoms with Gasteiger partial charge in [-0.15, -0.1) is 0 Å². The molecule has 1 fully saturated rings. The minimum atomic E-state index is -0.318. The lowest BCUT2D eigenvalue weighted by molar-refractivity contribution is 0.0964. The Balaban J connectivity index is 1.77. The molecule has 124 valence electrons. The van der Waals surface area contributed by atoms with Crippen LogP contribution in [-0.4, -0.2) is 37.0 Å². The van der Waals surface area contributed by atoms with Gasteiger partial charge in [0.05, 0.1) is 0 Å². The molecule has 2 aliphatic rings. The molecule has 1 saturated heterocycles. The average Bonchev–Trinajstić information content (AvgIpc) is 2.88. The lowest BCUT2D eigenvalue weighted by Crippen LogP contribution is -2.47. The fourth-order valence-corrected chi connectivity index (χ4v) is 4.08. The number of amides is 1. The summed E-state index contributed by atoms with van der Waals surface area (Å²) >= 11 is 0. The second-order valence-corrected chi connectivity index (χ2v) is 6.97. The molecule has 4 heteroatoms. The predicted octanol–water partition coefficient (Wildman–Crippen LogP) is 3.58. The molecule has 0 bridgehead atoms. The SMILES string of the molecule is Cc1ccc2c(c1)[C@@H]1CN(C)CC[C@H]1N2C(=O)c1ccc(F)cc1. The highest BCUT2D eigenvalue weighted by molar-refractivity contribution is 6.08. The number of hydrogen-bond donors (Lipinski definition) is 0. The number of piperidine rings is 1. The van der Waals surface area contributed by atoms with E-state index in [-0.39, 0.29) is 17.8 Å². The predicted molar refractivity (Wildman–Crippen MR) is 93.0 cm³/mol. The van der Waals surface area contributed by atoms with Crippen molar-refractivity contribution in [2.24, 2.45) is 0 Å². The number of likely N-dealkylation sites (N-methyl/N-ethyl adjacent to an activating group) is 1. The zero-order valence-corrected chi connectivity index (χ0v) is 14.0. The van der Waals surface area contributed by atoms with E-state index in [0.717, 1.165) is 25.2 Å². The molecular weight excluding hydrogens is 303 g/mol. The third kappa shape index (κ3) is 2.42. The van der Waals surface area contributed by atoms with E-state index in [1.54, 1.807) is 12.1 Å². The zero-order valence-electron chi connectivity index (χ0n) is 14.0. The monoisotopic (exact) mass is 324 g/mol. The van der Waals surface area contributed by atoms with Crippen molar-refractivity contribution in [3.63, 3.8) is 0 Å². The second kappa shape index (κ2) is 5.71. The van der Waals surface area contributed by atoms with Crippen LogP contribution in [0.4, 0.5) is 10.1 Å². The Morgan fingerprint density at radius 3 is 2.67 bits per heavy atom. The van der Waals surface area contributed by atoms with Gasteiger partial charge in [-0.3, -0.25) is 4.79 Å². The van der Waals surface area contributed by atoms with Gasteiger partial charge in [-0.2, -0.15) is 0 Å². The standard InChI is InChI=1S/C20H21FN2O/c1-13-3-8-18-16(11-13)17-12-22(2)10-9-19(17)23(18)20(24)14-4-6-15(21)7-5-14/h3-8,11,17,19H,9-10,12H2,1-2H3/t17-,19+/m0/s1. The third-order valence-electron chi connectivity index (χ3n) is 5.26. The largest absolute Gasteiger partial charge is 0.306 e. The summed E-state index contributed by atoms with van der Waals surface area (Å²) in [5, 5.41) is 0. The Hall–Kier alpha value is -2.20. The molecule has 0 radical (unpaired) electrons. The van der Waals surface area contributed by atoms with Gasteiger partial charge in [0.2, 0.25) is 0 Å². The van der Waals surface area contributed by atoms with E-state index < -0.39 is 0 Å². The van der Waals surface area contributed by atoms with Crippen LogP contribution in [0.3, 0.4) is 0 Å². The Morgan fingerprint density at radius 1 is 1.17 bits per heavy atom. The molecule has 0 unspecified atom stereocenters. The molecule has 0 aromatic heterocycles. The molecule has 2 aromatic carbocycles. The van der Waals surface area contributed by atoms with Crippen molar-refractivity contribution in [3.05, 3.63) is 65.0 Å². The van der Waals surface area contributed by atoms with Gasteiger partial charge in [0, 0.05) is 29.8 Å². The number of rotatable bonds is 1. The summed E-state index contributed by atoms with van der Waals surface area (Å²) < 4.78 is 13.2. The molecular formula is C20H21FN2O. The lowest BCUT2D eigenvalue weighted by Gasteiger charge is -2.36. The number of nitrogens with zero attached hydrogens (tertiary/aromatic N) is 2. The highest BCUT2D eigenvalue weighted by Crippen LogP contribution is 2.45. The van der Waals surface area contributed by atoms with Crippen molar-refractivity contribution in [1.29, 1.82) is 0 Å². The second-order valence-electron chi connectivity index (χ2n) is 6.97. The van der Waals surface area contributed by atoms with E-state index >= 15 is 0 Å². The molecule has 4 rings (SSSR count). The number of hydrogen-bond acceptors (Lipinski definition) is 2. The number of halogens is 1. The number of fused-ring (bicyclic) bond motifs is 3. The number of anilines is 1. The van der Waals surface area contributed by atoms with E-state index in [1.807, 2.05) is 4.90 Å². The van der Waals surface area contributed by atoms with Gasteiger partial charge in [-0.05, 0) is 62.8 Å². The minimum Gasteiger partial charge on any atom is -0.306 e. The Labute approximate surface area is 141 Å². The summed E-state index contributed by atoms with van der Waals surface area (Å²) in [6.45, 7) is 4.04. The average molecular weight is 324 g/mol. The quantitative estimate of drug-likeness (QED) is 0.800. The van der Waals surface area contributed by atoms with E-state index in [2.05, 4.69) is 37.1 Å². The van der Waals surface area contributed by atoms with Crippen molar-refractivity contribution in [2.45, 2.75) is 25.3 Å². The Kier molecular flexibility index (Phi) is 3.65. The first-order valence-electron chi connectivity index (χ1n) is 8.43. The number of aryl methyl sites for hydroxylation is 1. The first kappa shape index (κ1) is 15.3. The van der Waals surface area contributed by atoms with Gasteiger partial charge in [0.15, 0.2) is 0 Å². The molecule has 2 aromatic rings. The molecule has 2 aliphatic heterocycles. The molecule has 1 amide bonds. The van der Waals surface area contributed by atoms with E-state index in [0.29, 0.717) is 11.5 Å². The van der Waals surface area contributed by atoms with Crippen LogP contribution in [0.5, 0.6) is 0 Å². The van der Waals surface area contributed by atoms with E-state index in [1.165, 1.54) is 23.3 Å². The van der Waals surface area contributed by atoms with E-state index in [9.17, 15) is 9.18 Å². The molecule has 0 saturated carbocycles. The van der Waals surface area contributed by atoms with Gasteiger partial charge in [0.1, 0.15) is 5.82 Å². The van der Waals surface area contributed by atoms with Crippen LogP contribution < -0.4 is 4.90 Å². The van der Waals surface area contributed by atoms with Crippen molar-refractivity contribution in [3.8, 4) is 0 Å². The molecule has 2 atom stereocenters. The lowest BCUT2D eigenvalue weighted by atomic mass is 9.88. The Morgan fingerprint density at radius 2 is 1.92 bits per heavy atom. The van der Waals surface area contributed by atoms with Crippen LogP contribution in [0.25, 0.3) is 0 Å². The van der Waals surface area contributed by atoms with Gasteiger partial charge in [-0.25, -0.2) is 4.39 Å². The topological polar surface area (TPSA) is 23.6 Å². The maximum absolute atomic E-state index is 13.2. The van der Waals surface area contributed by atoms with Crippen molar-refractivity contribution < 1.29 is 9.18 Å². The fourth-order valence-electron chi connectivity index (χ4n) is 4.08. The molecule has 3 nitrogen and oxygen atoms in total. The summed E-state index contributed by atoms with van der Waals surface area (Å²) in [5.74, 6) is 0.00127.